The first kappa shape index (κ1) is 18.5. The van der Waals surface area contributed by atoms with Crippen LogP contribution in [0.5, 0.6) is 5.75 Å². The van der Waals surface area contributed by atoms with E-state index in [2.05, 4.69) is 59.7 Å². The van der Waals surface area contributed by atoms with Crippen LogP contribution in [0.25, 0.3) is 0 Å². The third-order valence-electron chi connectivity index (χ3n) is 4.78. The van der Waals surface area contributed by atoms with Crippen molar-refractivity contribution in [3.63, 3.8) is 0 Å². The lowest BCUT2D eigenvalue weighted by Crippen LogP contribution is -2.21. The maximum Gasteiger partial charge on any atom is 0.293 e. The van der Waals surface area contributed by atoms with E-state index in [1.807, 2.05) is 0 Å². The van der Waals surface area contributed by atoms with Crippen LogP contribution >= 0.6 is 0 Å². The third-order valence-corrected chi connectivity index (χ3v) is 4.78. The van der Waals surface area contributed by atoms with E-state index in [0.29, 0.717) is 13.1 Å². The van der Waals surface area contributed by atoms with Gasteiger partial charge < -0.3 is 9.47 Å². The summed E-state index contributed by atoms with van der Waals surface area (Å²) < 4.78 is 10.5. The molecular weight excluding hydrogens is 276 g/mol. The molecule has 1 rings (SSSR count). The Kier molecular flexibility index (Phi) is 6.46. The predicted octanol–water partition coefficient (Wildman–Crippen LogP) is 4.61. The molecule has 1 aromatic rings. The van der Waals surface area contributed by atoms with Gasteiger partial charge in [-0.25, -0.2) is 0 Å². The lowest BCUT2D eigenvalue weighted by Gasteiger charge is -2.30. The van der Waals surface area contributed by atoms with Crippen LogP contribution in [0.3, 0.4) is 0 Å². The summed E-state index contributed by atoms with van der Waals surface area (Å²) in [6, 6.07) is 6.48. The molecule has 0 N–H and O–H groups in total. The van der Waals surface area contributed by atoms with Crippen molar-refractivity contribution in [2.45, 2.75) is 65.2 Å². The van der Waals surface area contributed by atoms with Crippen molar-refractivity contribution in [2.75, 3.05) is 13.2 Å². The molecule has 0 heterocycles. The van der Waals surface area contributed by atoms with E-state index in [1.54, 1.807) is 0 Å². The highest BCUT2D eigenvalue weighted by Crippen LogP contribution is 2.38. The Bertz CT molecular complexity index is 489. The number of ether oxygens (including phenoxy) is 2. The molecule has 0 unspecified atom stereocenters. The molecule has 1 aromatic carbocycles. The van der Waals surface area contributed by atoms with E-state index in [0.717, 1.165) is 18.6 Å². The van der Waals surface area contributed by atoms with Crippen molar-refractivity contribution < 1.29 is 14.3 Å². The maximum atomic E-state index is 10.2. The van der Waals surface area contributed by atoms with E-state index in [-0.39, 0.29) is 17.4 Å². The fourth-order valence-corrected chi connectivity index (χ4v) is 2.25. The Balaban J connectivity index is 3.13. The van der Waals surface area contributed by atoms with E-state index in [4.69, 9.17) is 9.47 Å². The number of rotatable bonds is 9. The van der Waals surface area contributed by atoms with Crippen molar-refractivity contribution in [2.24, 2.45) is 0 Å². The highest BCUT2D eigenvalue weighted by Gasteiger charge is 2.26. The summed E-state index contributed by atoms with van der Waals surface area (Å²) in [5.41, 5.74) is 2.75. The number of carbonyl (C=O) groups is 1. The molecule has 0 amide bonds. The first-order valence-electron chi connectivity index (χ1n) is 8.11. The monoisotopic (exact) mass is 306 g/mol. The number of benzene rings is 1. The van der Waals surface area contributed by atoms with Gasteiger partial charge in [-0.2, -0.15) is 0 Å². The normalized spacial score (nSPS) is 12.1. The first-order valence-corrected chi connectivity index (χ1v) is 8.11. The number of hydrogen-bond acceptors (Lipinski definition) is 3. The van der Waals surface area contributed by atoms with Gasteiger partial charge in [-0.1, -0.05) is 53.7 Å². The lowest BCUT2D eigenvalue weighted by molar-refractivity contribution is -0.129. The van der Waals surface area contributed by atoms with Crippen LogP contribution in [-0.4, -0.2) is 19.7 Å². The fraction of sp³-hybridized carbons (Fsp3) is 0.632. The van der Waals surface area contributed by atoms with E-state index in [1.165, 1.54) is 11.1 Å². The number of hydrogen-bond donors (Lipinski definition) is 0. The SMILES string of the molecule is CCC(C)(C)c1ccc(OCCOC=O)c(C(C)(C)CC)c1. The molecule has 0 spiro atoms. The minimum Gasteiger partial charge on any atom is -0.490 e. The van der Waals surface area contributed by atoms with Gasteiger partial charge in [-0.3, -0.25) is 4.79 Å². The Morgan fingerprint density at radius 2 is 1.64 bits per heavy atom. The number of carbonyl (C=O) groups excluding carboxylic acids is 1. The Morgan fingerprint density at radius 1 is 1.00 bits per heavy atom. The second kappa shape index (κ2) is 7.66. The molecule has 124 valence electrons. The van der Waals surface area contributed by atoms with Gasteiger partial charge in [0.2, 0.25) is 0 Å². The zero-order chi connectivity index (χ0) is 16.8. The summed E-state index contributed by atoms with van der Waals surface area (Å²) >= 11 is 0. The molecule has 3 heteroatoms. The molecule has 0 aromatic heterocycles. The van der Waals surface area contributed by atoms with Crippen molar-refractivity contribution in [3.8, 4) is 5.75 Å². The molecule has 22 heavy (non-hydrogen) atoms. The van der Waals surface area contributed by atoms with Crippen LogP contribution in [0.2, 0.25) is 0 Å². The molecule has 0 aliphatic carbocycles. The Morgan fingerprint density at radius 3 is 2.18 bits per heavy atom. The van der Waals surface area contributed by atoms with Crippen molar-refractivity contribution in [1.29, 1.82) is 0 Å². The summed E-state index contributed by atoms with van der Waals surface area (Å²) in [5, 5.41) is 0. The van der Waals surface area contributed by atoms with Crippen molar-refractivity contribution >= 4 is 6.47 Å². The van der Waals surface area contributed by atoms with Crippen LogP contribution in [0, 0.1) is 0 Å². The standard InChI is InChI=1S/C19H30O3/c1-7-18(3,4)15-9-10-17(22-12-11-21-14-20)16(13-15)19(5,6)8-2/h9-10,13-14H,7-8,11-12H2,1-6H3. The summed E-state index contributed by atoms with van der Waals surface area (Å²) in [5.74, 6) is 0.886. The molecule has 0 saturated carbocycles. The summed E-state index contributed by atoms with van der Waals surface area (Å²) in [6.07, 6.45) is 2.12. The maximum absolute atomic E-state index is 10.2. The highest BCUT2D eigenvalue weighted by molar-refractivity contribution is 5.44. The van der Waals surface area contributed by atoms with E-state index < -0.39 is 0 Å². The van der Waals surface area contributed by atoms with Crippen molar-refractivity contribution in [1.82, 2.24) is 0 Å². The first-order chi connectivity index (χ1) is 10.3. The second-order valence-corrected chi connectivity index (χ2v) is 7.00. The van der Waals surface area contributed by atoms with Gasteiger partial charge in [-0.15, -0.1) is 0 Å². The third kappa shape index (κ3) is 4.49. The summed E-state index contributed by atoms with van der Waals surface area (Å²) in [4.78, 5) is 10.2. The van der Waals surface area contributed by atoms with E-state index >= 15 is 0 Å². The zero-order valence-corrected chi connectivity index (χ0v) is 14.9. The van der Waals surface area contributed by atoms with Crippen LogP contribution in [0.15, 0.2) is 18.2 Å². The van der Waals surface area contributed by atoms with Crippen LogP contribution in [0.1, 0.15) is 65.5 Å². The average molecular weight is 306 g/mol. The molecule has 0 radical (unpaired) electrons. The van der Waals surface area contributed by atoms with Crippen LogP contribution < -0.4 is 4.74 Å². The topological polar surface area (TPSA) is 35.5 Å². The largest absolute Gasteiger partial charge is 0.490 e. The minimum atomic E-state index is 0.0423. The molecule has 3 nitrogen and oxygen atoms in total. The van der Waals surface area contributed by atoms with Gasteiger partial charge in [0.05, 0.1) is 0 Å². The minimum absolute atomic E-state index is 0.0423. The zero-order valence-electron chi connectivity index (χ0n) is 14.9. The highest BCUT2D eigenvalue weighted by atomic mass is 16.5. The van der Waals surface area contributed by atoms with Crippen LogP contribution in [0.4, 0.5) is 0 Å². The van der Waals surface area contributed by atoms with Gasteiger partial charge in [-0.05, 0) is 35.3 Å². The quantitative estimate of drug-likeness (QED) is 0.493. The Hall–Kier alpha value is -1.51. The fourth-order valence-electron chi connectivity index (χ4n) is 2.25. The molecule has 0 aliphatic rings. The van der Waals surface area contributed by atoms with Gasteiger partial charge >= 0.3 is 0 Å². The molecule has 0 atom stereocenters. The van der Waals surface area contributed by atoms with Crippen LogP contribution in [-0.2, 0) is 20.4 Å². The van der Waals surface area contributed by atoms with E-state index in [9.17, 15) is 4.79 Å². The molecule has 0 saturated heterocycles. The van der Waals surface area contributed by atoms with Gasteiger partial charge in [0.25, 0.3) is 6.47 Å². The van der Waals surface area contributed by atoms with Gasteiger partial charge in [0.1, 0.15) is 19.0 Å². The van der Waals surface area contributed by atoms with Crippen molar-refractivity contribution in [3.05, 3.63) is 29.3 Å². The predicted molar refractivity (Wildman–Crippen MR) is 90.6 cm³/mol. The Labute approximate surface area is 135 Å². The average Bonchev–Trinajstić information content (AvgIpc) is 2.51. The van der Waals surface area contributed by atoms with Gasteiger partial charge in [0.15, 0.2) is 0 Å². The molecular formula is C19H30O3. The smallest absolute Gasteiger partial charge is 0.293 e. The molecule has 0 bridgehead atoms. The molecule has 0 aliphatic heterocycles. The molecule has 0 fully saturated rings. The second-order valence-electron chi connectivity index (χ2n) is 7.00. The summed E-state index contributed by atoms with van der Waals surface area (Å²) in [7, 11) is 0. The summed E-state index contributed by atoms with van der Waals surface area (Å²) in [6.45, 7) is 14.5. The van der Waals surface area contributed by atoms with Gasteiger partial charge in [0, 0.05) is 5.56 Å². The lowest BCUT2D eigenvalue weighted by atomic mass is 9.76.